The van der Waals surface area contributed by atoms with Gasteiger partial charge in [-0.2, -0.15) is 0 Å². The maximum Gasteiger partial charge on any atom is 0.0604 e. The lowest BCUT2D eigenvalue weighted by Gasteiger charge is -2.36. The second kappa shape index (κ2) is 6.59. The van der Waals surface area contributed by atoms with E-state index in [0.717, 1.165) is 13.2 Å². The highest BCUT2D eigenvalue weighted by molar-refractivity contribution is 5.54. The summed E-state index contributed by atoms with van der Waals surface area (Å²) in [6, 6.07) is 9.48. The summed E-state index contributed by atoms with van der Waals surface area (Å²) < 4.78 is 5.62. The lowest BCUT2D eigenvalue weighted by Crippen LogP contribution is -2.45. The van der Waals surface area contributed by atoms with Gasteiger partial charge in [-0.3, -0.25) is 0 Å². The molecule has 1 aromatic rings. The molecule has 1 heterocycles. The van der Waals surface area contributed by atoms with Gasteiger partial charge in [0.2, 0.25) is 0 Å². The molecule has 20 heavy (non-hydrogen) atoms. The number of hydrogen-bond donors (Lipinski definition) is 1. The molecule has 0 atom stereocenters. The number of nitrogens with one attached hydrogen (secondary N) is 1. The Morgan fingerprint density at radius 3 is 2.70 bits per heavy atom. The fraction of sp³-hybridized carbons (Fsp3) is 0.647. The smallest absolute Gasteiger partial charge is 0.0604 e. The second-order valence-corrected chi connectivity index (χ2v) is 5.95. The van der Waals surface area contributed by atoms with E-state index in [9.17, 15) is 0 Å². The van der Waals surface area contributed by atoms with Crippen molar-refractivity contribution in [2.45, 2.75) is 51.3 Å². The van der Waals surface area contributed by atoms with E-state index in [-0.39, 0.29) is 0 Å². The third-order valence-corrected chi connectivity index (χ3v) is 4.52. The number of para-hydroxylation sites is 1. The molecule has 0 radical (unpaired) electrons. The van der Waals surface area contributed by atoms with E-state index < -0.39 is 0 Å². The van der Waals surface area contributed by atoms with E-state index >= 15 is 0 Å². The average molecular weight is 274 g/mol. The second-order valence-electron chi connectivity index (χ2n) is 5.95. The van der Waals surface area contributed by atoms with Crippen LogP contribution >= 0.6 is 0 Å². The van der Waals surface area contributed by atoms with E-state index in [2.05, 4.69) is 41.4 Å². The van der Waals surface area contributed by atoms with Gasteiger partial charge in [-0.05, 0) is 44.2 Å². The van der Waals surface area contributed by atoms with Gasteiger partial charge in [0, 0.05) is 38.0 Å². The third-order valence-electron chi connectivity index (χ3n) is 4.52. The first-order chi connectivity index (χ1) is 9.86. The summed E-state index contributed by atoms with van der Waals surface area (Å²) in [4.78, 5) is 2.53. The van der Waals surface area contributed by atoms with Crippen LogP contribution < -0.4 is 10.2 Å². The van der Waals surface area contributed by atoms with Gasteiger partial charge >= 0.3 is 0 Å². The lowest BCUT2D eigenvalue weighted by atomic mass is 9.89. The molecule has 1 saturated heterocycles. The van der Waals surface area contributed by atoms with Crippen LogP contribution in [-0.4, -0.2) is 31.8 Å². The van der Waals surface area contributed by atoms with Gasteiger partial charge < -0.3 is 15.0 Å². The summed E-state index contributed by atoms with van der Waals surface area (Å²) in [5, 5.41) is 3.68. The Kier molecular flexibility index (Phi) is 4.58. The molecule has 0 unspecified atom stereocenters. The van der Waals surface area contributed by atoms with Gasteiger partial charge in [0.1, 0.15) is 0 Å². The number of rotatable bonds is 6. The quantitative estimate of drug-likeness (QED) is 0.863. The summed E-state index contributed by atoms with van der Waals surface area (Å²) in [6.07, 6.45) is 5.49. The van der Waals surface area contributed by atoms with E-state index in [1.165, 1.54) is 50.0 Å². The molecule has 3 nitrogen and oxygen atoms in total. The van der Waals surface area contributed by atoms with Gasteiger partial charge in [-0.15, -0.1) is 0 Å². The van der Waals surface area contributed by atoms with E-state index in [1.807, 2.05) is 0 Å². The molecule has 2 aliphatic rings. The largest absolute Gasteiger partial charge is 0.378 e. The van der Waals surface area contributed by atoms with Gasteiger partial charge in [0.15, 0.2) is 0 Å². The molecule has 110 valence electrons. The van der Waals surface area contributed by atoms with E-state index in [1.54, 1.807) is 0 Å². The molecule has 1 aliphatic carbocycles. The van der Waals surface area contributed by atoms with Gasteiger partial charge in [-0.25, -0.2) is 0 Å². The van der Waals surface area contributed by atoms with Crippen LogP contribution in [0.4, 0.5) is 5.69 Å². The van der Waals surface area contributed by atoms with Crippen LogP contribution in [0.15, 0.2) is 24.3 Å². The number of benzene rings is 1. The number of ether oxygens (including phenoxy) is 1. The molecule has 2 fully saturated rings. The molecular weight excluding hydrogens is 248 g/mol. The zero-order chi connectivity index (χ0) is 13.8. The normalized spacial score (nSPS) is 25.8. The first-order valence-electron chi connectivity index (χ1n) is 8.04. The predicted molar refractivity (Wildman–Crippen MR) is 83.2 cm³/mol. The molecular formula is C17H26N2O. The van der Waals surface area contributed by atoms with Crippen molar-refractivity contribution in [3.8, 4) is 0 Å². The number of anilines is 1. The molecule has 1 aromatic carbocycles. The Hall–Kier alpha value is -1.06. The molecule has 0 bridgehead atoms. The van der Waals surface area contributed by atoms with Crippen LogP contribution in [0.1, 0.15) is 38.2 Å². The molecule has 0 amide bonds. The molecule has 1 N–H and O–H groups in total. The Morgan fingerprint density at radius 1 is 1.20 bits per heavy atom. The van der Waals surface area contributed by atoms with Crippen LogP contribution in [0.2, 0.25) is 0 Å². The fourth-order valence-electron chi connectivity index (χ4n) is 3.29. The Morgan fingerprint density at radius 2 is 1.95 bits per heavy atom. The summed E-state index contributed by atoms with van der Waals surface area (Å²) in [7, 11) is 0. The fourth-order valence-corrected chi connectivity index (χ4v) is 3.29. The average Bonchev–Trinajstić information content (AvgIpc) is 2.95. The van der Waals surface area contributed by atoms with Crippen LogP contribution in [0, 0.1) is 0 Å². The van der Waals surface area contributed by atoms with Gasteiger partial charge in [0.25, 0.3) is 0 Å². The van der Waals surface area contributed by atoms with Crippen molar-refractivity contribution in [1.29, 1.82) is 0 Å². The zero-order valence-electron chi connectivity index (χ0n) is 12.5. The van der Waals surface area contributed by atoms with Crippen LogP contribution in [0.3, 0.4) is 0 Å². The van der Waals surface area contributed by atoms with Crippen LogP contribution in [0.5, 0.6) is 0 Å². The molecule has 1 aliphatic heterocycles. The first kappa shape index (κ1) is 13.9. The van der Waals surface area contributed by atoms with E-state index in [4.69, 9.17) is 4.74 Å². The van der Waals surface area contributed by atoms with Crippen molar-refractivity contribution in [3.05, 3.63) is 29.8 Å². The van der Waals surface area contributed by atoms with Crippen molar-refractivity contribution in [2.75, 3.05) is 24.6 Å². The summed E-state index contributed by atoms with van der Waals surface area (Å²) in [5.41, 5.74) is 2.87. The minimum Gasteiger partial charge on any atom is -0.378 e. The highest BCUT2D eigenvalue weighted by Crippen LogP contribution is 2.27. The molecule has 3 rings (SSSR count). The van der Waals surface area contributed by atoms with Gasteiger partial charge in [-0.1, -0.05) is 18.2 Å². The SMILES string of the molecule is CCOC1CC(NCc2ccccc2N2CCCC2)C1. The predicted octanol–water partition coefficient (Wildman–Crippen LogP) is 2.94. The lowest BCUT2D eigenvalue weighted by molar-refractivity contribution is -0.0102. The number of hydrogen-bond acceptors (Lipinski definition) is 3. The van der Waals surface area contributed by atoms with Crippen molar-refractivity contribution < 1.29 is 4.74 Å². The van der Waals surface area contributed by atoms with Crippen molar-refractivity contribution in [2.24, 2.45) is 0 Å². The first-order valence-corrected chi connectivity index (χ1v) is 8.04. The highest BCUT2D eigenvalue weighted by atomic mass is 16.5. The van der Waals surface area contributed by atoms with Crippen molar-refractivity contribution >= 4 is 5.69 Å². The standard InChI is InChI=1S/C17H26N2O/c1-2-20-16-11-15(12-16)18-13-14-7-3-4-8-17(14)19-9-5-6-10-19/h3-4,7-8,15-16,18H,2,5-6,9-13H2,1H3. The molecule has 0 spiro atoms. The summed E-state index contributed by atoms with van der Waals surface area (Å²) in [6.45, 7) is 6.33. The minimum atomic E-state index is 0.492. The minimum absolute atomic E-state index is 0.492. The number of nitrogens with zero attached hydrogens (tertiary/aromatic N) is 1. The topological polar surface area (TPSA) is 24.5 Å². The van der Waals surface area contributed by atoms with Crippen LogP contribution in [0.25, 0.3) is 0 Å². The van der Waals surface area contributed by atoms with Gasteiger partial charge in [0.05, 0.1) is 6.10 Å². The highest BCUT2D eigenvalue weighted by Gasteiger charge is 2.29. The Balaban J connectivity index is 1.53. The van der Waals surface area contributed by atoms with Crippen molar-refractivity contribution in [1.82, 2.24) is 5.32 Å². The monoisotopic (exact) mass is 274 g/mol. The third kappa shape index (κ3) is 3.15. The molecule has 3 heteroatoms. The van der Waals surface area contributed by atoms with E-state index in [0.29, 0.717) is 12.1 Å². The van der Waals surface area contributed by atoms with Crippen LogP contribution in [-0.2, 0) is 11.3 Å². The van der Waals surface area contributed by atoms with Crippen molar-refractivity contribution in [3.63, 3.8) is 0 Å². The molecule has 0 aromatic heterocycles. The summed E-state index contributed by atoms with van der Waals surface area (Å²) in [5.74, 6) is 0. The Bertz CT molecular complexity index is 423. The summed E-state index contributed by atoms with van der Waals surface area (Å²) >= 11 is 0. The zero-order valence-corrected chi connectivity index (χ0v) is 12.5. The molecule has 1 saturated carbocycles. The Labute approximate surface area is 122 Å². The maximum absolute atomic E-state index is 5.62. The maximum atomic E-state index is 5.62.